The number of carboxylic acids is 1. The van der Waals surface area contributed by atoms with Crippen LogP contribution in [-0.4, -0.2) is 22.8 Å². The molecule has 1 aromatic heterocycles. The van der Waals surface area contributed by atoms with Gasteiger partial charge < -0.3 is 14.4 Å². The van der Waals surface area contributed by atoms with E-state index < -0.39 is 5.97 Å². The second-order valence-corrected chi connectivity index (χ2v) is 3.72. The number of carbonyl (C=O) groups is 1. The SMILES string of the molecule is CCOc1ccc(-c2nocc2CC(=O)O)cc1. The zero-order chi connectivity index (χ0) is 13.0. The molecule has 0 bridgehead atoms. The van der Waals surface area contributed by atoms with Crippen molar-refractivity contribution < 1.29 is 19.2 Å². The molecule has 0 aliphatic carbocycles. The number of hydrogen-bond acceptors (Lipinski definition) is 4. The maximum absolute atomic E-state index is 10.7. The molecule has 1 aromatic carbocycles. The summed E-state index contributed by atoms with van der Waals surface area (Å²) < 4.78 is 10.2. The van der Waals surface area contributed by atoms with Crippen molar-refractivity contribution in [2.75, 3.05) is 6.61 Å². The Balaban J connectivity index is 2.25. The molecule has 0 aliphatic rings. The van der Waals surface area contributed by atoms with E-state index in [0.717, 1.165) is 11.3 Å². The number of benzene rings is 1. The molecular weight excluding hydrogens is 234 g/mol. The average Bonchev–Trinajstić information content (AvgIpc) is 2.78. The maximum atomic E-state index is 10.7. The molecule has 5 heteroatoms. The minimum absolute atomic E-state index is 0.105. The first-order valence-corrected chi connectivity index (χ1v) is 5.59. The van der Waals surface area contributed by atoms with Crippen LogP contribution in [0.4, 0.5) is 0 Å². The number of nitrogens with zero attached hydrogens (tertiary/aromatic N) is 1. The van der Waals surface area contributed by atoms with Gasteiger partial charge in [-0.2, -0.15) is 0 Å². The Bertz CT molecular complexity index is 530. The molecule has 94 valence electrons. The highest BCUT2D eigenvalue weighted by molar-refractivity contribution is 5.74. The predicted molar refractivity (Wildman–Crippen MR) is 64.4 cm³/mol. The molecule has 0 aliphatic heterocycles. The lowest BCUT2D eigenvalue weighted by Crippen LogP contribution is -2.00. The molecule has 0 atom stereocenters. The van der Waals surface area contributed by atoms with Crippen LogP contribution in [0.5, 0.6) is 5.75 Å². The standard InChI is InChI=1S/C13H13NO4/c1-2-17-11-5-3-9(4-6-11)13-10(7-12(15)16)8-18-14-13/h3-6,8H,2,7H2,1H3,(H,15,16). The van der Waals surface area contributed by atoms with Crippen LogP contribution >= 0.6 is 0 Å². The summed E-state index contributed by atoms with van der Waals surface area (Å²) in [6, 6.07) is 7.29. The van der Waals surface area contributed by atoms with Crippen molar-refractivity contribution in [1.82, 2.24) is 5.16 Å². The van der Waals surface area contributed by atoms with Gasteiger partial charge in [0.25, 0.3) is 0 Å². The Morgan fingerprint density at radius 2 is 2.11 bits per heavy atom. The Kier molecular flexibility index (Phi) is 3.62. The van der Waals surface area contributed by atoms with Gasteiger partial charge in [0.05, 0.1) is 13.0 Å². The van der Waals surface area contributed by atoms with Crippen LogP contribution in [0.3, 0.4) is 0 Å². The van der Waals surface area contributed by atoms with Crippen LogP contribution in [0.25, 0.3) is 11.3 Å². The monoisotopic (exact) mass is 247 g/mol. The molecule has 2 aromatic rings. The fraction of sp³-hybridized carbons (Fsp3) is 0.231. The van der Waals surface area contributed by atoms with Gasteiger partial charge >= 0.3 is 5.97 Å². The van der Waals surface area contributed by atoms with E-state index >= 15 is 0 Å². The molecule has 1 heterocycles. The molecule has 0 radical (unpaired) electrons. The van der Waals surface area contributed by atoms with Gasteiger partial charge in [0.1, 0.15) is 17.7 Å². The van der Waals surface area contributed by atoms with Gasteiger partial charge in [-0.25, -0.2) is 0 Å². The number of carboxylic acid groups (broad SMARTS) is 1. The summed E-state index contributed by atoms with van der Waals surface area (Å²) >= 11 is 0. The van der Waals surface area contributed by atoms with Crippen molar-refractivity contribution in [3.05, 3.63) is 36.1 Å². The van der Waals surface area contributed by atoms with Crippen LogP contribution in [-0.2, 0) is 11.2 Å². The second-order valence-electron chi connectivity index (χ2n) is 3.72. The number of aliphatic carboxylic acids is 1. The van der Waals surface area contributed by atoms with E-state index in [1.807, 2.05) is 31.2 Å². The molecule has 0 fully saturated rings. The van der Waals surface area contributed by atoms with E-state index in [4.69, 9.17) is 14.4 Å². The number of hydrogen-bond donors (Lipinski definition) is 1. The number of ether oxygens (including phenoxy) is 1. The molecule has 0 spiro atoms. The first kappa shape index (κ1) is 12.2. The zero-order valence-electron chi connectivity index (χ0n) is 9.92. The third kappa shape index (κ3) is 2.68. The third-order valence-corrected chi connectivity index (χ3v) is 2.42. The van der Waals surface area contributed by atoms with Crippen LogP contribution in [0.15, 0.2) is 35.1 Å². The maximum Gasteiger partial charge on any atom is 0.308 e. The molecule has 18 heavy (non-hydrogen) atoms. The highest BCUT2D eigenvalue weighted by Crippen LogP contribution is 2.24. The topological polar surface area (TPSA) is 72.6 Å². The minimum atomic E-state index is -0.912. The van der Waals surface area contributed by atoms with E-state index in [-0.39, 0.29) is 6.42 Å². The van der Waals surface area contributed by atoms with Crippen molar-refractivity contribution in [1.29, 1.82) is 0 Å². The minimum Gasteiger partial charge on any atom is -0.494 e. The van der Waals surface area contributed by atoms with Gasteiger partial charge in [-0.05, 0) is 31.2 Å². The van der Waals surface area contributed by atoms with E-state index in [9.17, 15) is 4.79 Å². The van der Waals surface area contributed by atoms with E-state index in [1.54, 1.807) is 0 Å². The second kappa shape index (κ2) is 5.35. The van der Waals surface area contributed by atoms with Gasteiger partial charge in [-0.1, -0.05) is 5.16 Å². The summed E-state index contributed by atoms with van der Waals surface area (Å²) in [5, 5.41) is 12.6. The van der Waals surface area contributed by atoms with E-state index in [1.165, 1.54) is 6.26 Å². The molecule has 1 N–H and O–H groups in total. The Morgan fingerprint density at radius 1 is 1.39 bits per heavy atom. The fourth-order valence-corrected chi connectivity index (χ4v) is 1.66. The summed E-state index contributed by atoms with van der Waals surface area (Å²) in [6.45, 7) is 2.52. The van der Waals surface area contributed by atoms with E-state index in [0.29, 0.717) is 17.9 Å². The summed E-state index contributed by atoms with van der Waals surface area (Å²) in [6.07, 6.45) is 1.26. The third-order valence-electron chi connectivity index (χ3n) is 2.42. The summed E-state index contributed by atoms with van der Waals surface area (Å²) in [7, 11) is 0. The Morgan fingerprint density at radius 3 is 2.72 bits per heavy atom. The van der Waals surface area contributed by atoms with Crippen molar-refractivity contribution in [3.8, 4) is 17.0 Å². The lowest BCUT2D eigenvalue weighted by Gasteiger charge is -2.03. The van der Waals surface area contributed by atoms with Crippen molar-refractivity contribution in [2.24, 2.45) is 0 Å². The van der Waals surface area contributed by atoms with Gasteiger partial charge in [0.2, 0.25) is 0 Å². The predicted octanol–water partition coefficient (Wildman–Crippen LogP) is 2.37. The van der Waals surface area contributed by atoms with Crippen molar-refractivity contribution in [3.63, 3.8) is 0 Å². The van der Waals surface area contributed by atoms with Crippen LogP contribution in [0.1, 0.15) is 12.5 Å². The number of rotatable bonds is 5. The normalized spacial score (nSPS) is 10.3. The molecule has 5 nitrogen and oxygen atoms in total. The van der Waals surface area contributed by atoms with Crippen LogP contribution in [0, 0.1) is 0 Å². The lowest BCUT2D eigenvalue weighted by molar-refractivity contribution is -0.136. The number of aromatic nitrogens is 1. The van der Waals surface area contributed by atoms with E-state index in [2.05, 4.69) is 5.16 Å². The van der Waals surface area contributed by atoms with Gasteiger partial charge in [0.15, 0.2) is 0 Å². The Hall–Kier alpha value is -2.30. The largest absolute Gasteiger partial charge is 0.494 e. The molecule has 2 rings (SSSR count). The van der Waals surface area contributed by atoms with Crippen LogP contribution in [0.2, 0.25) is 0 Å². The quantitative estimate of drug-likeness (QED) is 0.878. The highest BCUT2D eigenvalue weighted by Gasteiger charge is 2.13. The summed E-state index contributed by atoms with van der Waals surface area (Å²) in [5.74, 6) is -0.144. The zero-order valence-corrected chi connectivity index (χ0v) is 9.92. The molecular formula is C13H13NO4. The summed E-state index contributed by atoms with van der Waals surface area (Å²) in [4.78, 5) is 10.7. The lowest BCUT2D eigenvalue weighted by atomic mass is 10.1. The van der Waals surface area contributed by atoms with Gasteiger partial charge in [-0.15, -0.1) is 0 Å². The molecule has 0 amide bonds. The Labute approximate surface area is 104 Å². The van der Waals surface area contributed by atoms with Crippen molar-refractivity contribution >= 4 is 5.97 Å². The molecule has 0 saturated carbocycles. The van der Waals surface area contributed by atoms with Crippen LogP contribution < -0.4 is 4.74 Å². The first-order chi connectivity index (χ1) is 8.70. The molecule has 0 unspecified atom stereocenters. The first-order valence-electron chi connectivity index (χ1n) is 5.59. The highest BCUT2D eigenvalue weighted by atomic mass is 16.5. The fourth-order valence-electron chi connectivity index (χ4n) is 1.66. The molecule has 0 saturated heterocycles. The summed E-state index contributed by atoms with van der Waals surface area (Å²) in [5.41, 5.74) is 1.93. The van der Waals surface area contributed by atoms with Crippen molar-refractivity contribution in [2.45, 2.75) is 13.3 Å². The average molecular weight is 247 g/mol. The van der Waals surface area contributed by atoms with Gasteiger partial charge in [0, 0.05) is 11.1 Å². The smallest absolute Gasteiger partial charge is 0.308 e. The van der Waals surface area contributed by atoms with Gasteiger partial charge in [-0.3, -0.25) is 4.79 Å².